The molecule has 0 saturated heterocycles. The van der Waals surface area contributed by atoms with Crippen LogP contribution in [0.4, 0.5) is 5.69 Å². The molecule has 0 aliphatic heterocycles. The first kappa shape index (κ1) is 11.1. The second-order valence-electron chi connectivity index (χ2n) is 3.79. The van der Waals surface area contributed by atoms with Gasteiger partial charge in [0.1, 0.15) is 4.87 Å². The summed E-state index contributed by atoms with van der Waals surface area (Å²) in [5.74, 6) is -0.192. The van der Waals surface area contributed by atoms with Crippen LogP contribution in [0.5, 0.6) is 0 Å². The number of hydrogen-bond acceptors (Lipinski definition) is 1. The summed E-state index contributed by atoms with van der Waals surface area (Å²) in [6.07, 6.45) is 0. The highest BCUT2D eigenvalue weighted by Gasteiger charge is 2.23. The van der Waals surface area contributed by atoms with Gasteiger partial charge in [-0.1, -0.05) is 17.7 Å². The average molecular weight is 212 g/mol. The molecule has 0 fully saturated rings. The van der Waals surface area contributed by atoms with E-state index in [2.05, 4.69) is 5.32 Å². The first-order valence-electron chi connectivity index (χ1n) is 4.46. The summed E-state index contributed by atoms with van der Waals surface area (Å²) in [5, 5.41) is 2.74. The molecule has 2 nitrogen and oxygen atoms in total. The van der Waals surface area contributed by atoms with Crippen LogP contribution >= 0.6 is 11.6 Å². The van der Waals surface area contributed by atoms with E-state index in [1.807, 2.05) is 31.2 Å². The van der Waals surface area contributed by atoms with E-state index in [0.717, 1.165) is 11.3 Å². The highest BCUT2D eigenvalue weighted by atomic mass is 35.5. The Labute approximate surface area is 89.3 Å². The maximum Gasteiger partial charge on any atom is 0.244 e. The predicted octanol–water partition coefficient (Wildman–Crippen LogP) is 2.95. The summed E-state index contributed by atoms with van der Waals surface area (Å²) < 4.78 is 0. The van der Waals surface area contributed by atoms with E-state index < -0.39 is 4.87 Å². The molecule has 0 radical (unpaired) electrons. The van der Waals surface area contributed by atoms with E-state index in [9.17, 15) is 4.79 Å². The van der Waals surface area contributed by atoms with E-state index in [-0.39, 0.29) is 5.91 Å². The van der Waals surface area contributed by atoms with Gasteiger partial charge in [-0.05, 0) is 32.9 Å². The molecule has 0 saturated carbocycles. The zero-order valence-corrected chi connectivity index (χ0v) is 9.35. The molecule has 0 aromatic heterocycles. The third kappa shape index (κ3) is 3.04. The summed E-state index contributed by atoms with van der Waals surface area (Å²) >= 11 is 5.85. The van der Waals surface area contributed by atoms with E-state index >= 15 is 0 Å². The van der Waals surface area contributed by atoms with Crippen LogP contribution < -0.4 is 5.32 Å². The Balaban J connectivity index is 2.71. The quantitative estimate of drug-likeness (QED) is 0.749. The minimum Gasteiger partial charge on any atom is -0.325 e. The van der Waals surface area contributed by atoms with E-state index in [4.69, 9.17) is 11.6 Å². The molecule has 3 heteroatoms. The highest BCUT2D eigenvalue weighted by molar-refractivity contribution is 6.35. The number of aryl methyl sites for hydroxylation is 1. The van der Waals surface area contributed by atoms with Gasteiger partial charge in [-0.15, -0.1) is 11.6 Å². The molecule has 1 aromatic rings. The van der Waals surface area contributed by atoms with Gasteiger partial charge in [0.2, 0.25) is 5.91 Å². The van der Waals surface area contributed by atoms with E-state index in [1.165, 1.54) is 0 Å². The van der Waals surface area contributed by atoms with Crippen LogP contribution in [-0.4, -0.2) is 10.8 Å². The predicted molar refractivity (Wildman–Crippen MR) is 59.7 cm³/mol. The van der Waals surface area contributed by atoms with Gasteiger partial charge >= 0.3 is 0 Å². The van der Waals surface area contributed by atoms with Crippen molar-refractivity contribution < 1.29 is 4.79 Å². The van der Waals surface area contributed by atoms with E-state index in [0.29, 0.717) is 0 Å². The molecular weight excluding hydrogens is 198 g/mol. The first-order valence-corrected chi connectivity index (χ1v) is 4.84. The second kappa shape index (κ2) is 4.01. The molecule has 0 spiro atoms. The molecule has 0 aliphatic rings. The molecular formula is C11H14ClNO. The lowest BCUT2D eigenvalue weighted by atomic mass is 10.2. The fourth-order valence-electron chi connectivity index (χ4n) is 0.917. The van der Waals surface area contributed by atoms with Gasteiger partial charge in [0.25, 0.3) is 0 Å². The Morgan fingerprint density at radius 2 is 1.79 bits per heavy atom. The average Bonchev–Trinajstić information content (AvgIpc) is 2.07. The van der Waals surface area contributed by atoms with Crippen LogP contribution in [0.25, 0.3) is 0 Å². The number of anilines is 1. The van der Waals surface area contributed by atoms with Gasteiger partial charge in [-0.25, -0.2) is 0 Å². The zero-order valence-electron chi connectivity index (χ0n) is 8.60. The minimum absolute atomic E-state index is 0.192. The molecule has 1 amide bonds. The van der Waals surface area contributed by atoms with Gasteiger partial charge in [0.15, 0.2) is 0 Å². The molecule has 0 aliphatic carbocycles. The number of hydrogen-bond donors (Lipinski definition) is 1. The lowest BCUT2D eigenvalue weighted by Gasteiger charge is -2.15. The second-order valence-corrected chi connectivity index (χ2v) is 4.74. The van der Waals surface area contributed by atoms with E-state index in [1.54, 1.807) is 13.8 Å². The molecule has 0 atom stereocenters. The summed E-state index contributed by atoms with van der Waals surface area (Å²) in [7, 11) is 0. The van der Waals surface area contributed by atoms with Crippen molar-refractivity contribution in [2.75, 3.05) is 5.32 Å². The van der Waals surface area contributed by atoms with Crippen molar-refractivity contribution in [3.05, 3.63) is 29.8 Å². The highest BCUT2D eigenvalue weighted by Crippen LogP contribution is 2.16. The Morgan fingerprint density at radius 1 is 1.29 bits per heavy atom. The summed E-state index contributed by atoms with van der Waals surface area (Å²) in [6, 6.07) is 7.60. The van der Waals surface area contributed by atoms with Crippen LogP contribution in [0.1, 0.15) is 19.4 Å². The Kier molecular flexibility index (Phi) is 3.17. The third-order valence-electron chi connectivity index (χ3n) is 1.85. The Bertz CT molecular complexity index is 324. The van der Waals surface area contributed by atoms with Crippen molar-refractivity contribution in [2.24, 2.45) is 0 Å². The van der Waals surface area contributed by atoms with Crippen molar-refractivity contribution in [2.45, 2.75) is 25.6 Å². The molecule has 1 N–H and O–H groups in total. The number of nitrogens with one attached hydrogen (secondary N) is 1. The van der Waals surface area contributed by atoms with Crippen LogP contribution in [-0.2, 0) is 4.79 Å². The van der Waals surface area contributed by atoms with Gasteiger partial charge in [-0.3, -0.25) is 4.79 Å². The zero-order chi connectivity index (χ0) is 10.8. The number of amides is 1. The number of halogens is 1. The van der Waals surface area contributed by atoms with Gasteiger partial charge in [0, 0.05) is 5.69 Å². The monoisotopic (exact) mass is 211 g/mol. The Morgan fingerprint density at radius 3 is 2.21 bits per heavy atom. The van der Waals surface area contributed by atoms with Gasteiger partial charge in [-0.2, -0.15) is 0 Å². The normalized spacial score (nSPS) is 11.1. The van der Waals surface area contributed by atoms with Crippen LogP contribution in [0.15, 0.2) is 24.3 Å². The Hall–Kier alpha value is -1.02. The summed E-state index contributed by atoms with van der Waals surface area (Å²) in [5.41, 5.74) is 1.93. The molecule has 0 unspecified atom stereocenters. The van der Waals surface area contributed by atoms with Crippen molar-refractivity contribution in [3.63, 3.8) is 0 Å². The summed E-state index contributed by atoms with van der Waals surface area (Å²) in [4.78, 5) is 10.6. The van der Waals surface area contributed by atoms with Gasteiger partial charge in [0.05, 0.1) is 0 Å². The largest absolute Gasteiger partial charge is 0.325 e. The van der Waals surface area contributed by atoms with Crippen LogP contribution in [0.3, 0.4) is 0 Å². The molecule has 1 aromatic carbocycles. The fourth-order valence-corrected chi connectivity index (χ4v) is 0.964. The minimum atomic E-state index is -0.870. The number of benzene rings is 1. The number of alkyl halides is 1. The number of carbonyl (C=O) groups excluding carboxylic acids is 1. The van der Waals surface area contributed by atoms with Crippen molar-refractivity contribution in [1.29, 1.82) is 0 Å². The molecule has 0 bridgehead atoms. The molecule has 14 heavy (non-hydrogen) atoms. The van der Waals surface area contributed by atoms with Crippen molar-refractivity contribution in [3.8, 4) is 0 Å². The lowest BCUT2D eigenvalue weighted by Crippen LogP contribution is -2.31. The maximum absolute atomic E-state index is 11.5. The summed E-state index contributed by atoms with van der Waals surface area (Å²) in [6.45, 7) is 5.33. The van der Waals surface area contributed by atoms with Crippen LogP contribution in [0.2, 0.25) is 0 Å². The number of rotatable bonds is 2. The first-order chi connectivity index (χ1) is 6.39. The smallest absolute Gasteiger partial charge is 0.244 e. The molecule has 1 rings (SSSR count). The lowest BCUT2D eigenvalue weighted by molar-refractivity contribution is -0.117. The molecule has 76 valence electrons. The topological polar surface area (TPSA) is 29.1 Å². The molecule has 0 heterocycles. The van der Waals surface area contributed by atoms with Crippen molar-refractivity contribution >= 4 is 23.2 Å². The standard InChI is InChI=1S/C11H14ClNO/c1-8-4-6-9(7-5-8)13-10(14)11(2,3)12/h4-7H,1-3H3,(H,13,14). The van der Waals surface area contributed by atoms with Gasteiger partial charge < -0.3 is 5.32 Å². The fraction of sp³-hybridized carbons (Fsp3) is 0.364. The maximum atomic E-state index is 11.5. The SMILES string of the molecule is Cc1ccc(NC(=O)C(C)(C)Cl)cc1. The third-order valence-corrected chi connectivity index (χ3v) is 2.02. The number of carbonyl (C=O) groups is 1. The van der Waals surface area contributed by atoms with Crippen LogP contribution in [0, 0.1) is 6.92 Å². The van der Waals surface area contributed by atoms with Crippen molar-refractivity contribution in [1.82, 2.24) is 0 Å².